The molecule has 0 spiro atoms. The highest BCUT2D eigenvalue weighted by atomic mass is 16.8. The minimum atomic E-state index is -1.31. The maximum atomic E-state index is 12.7. The van der Waals surface area contributed by atoms with Crippen molar-refractivity contribution in [2.45, 2.75) is 45.3 Å². The van der Waals surface area contributed by atoms with E-state index in [4.69, 9.17) is 9.47 Å². The van der Waals surface area contributed by atoms with E-state index in [1.54, 1.807) is 7.11 Å². The van der Waals surface area contributed by atoms with Gasteiger partial charge in [-0.1, -0.05) is 13.8 Å². The average molecular weight is 382 g/mol. The third kappa shape index (κ3) is 3.59. The molecule has 9 nitrogen and oxygen atoms in total. The summed E-state index contributed by atoms with van der Waals surface area (Å²) in [5.41, 5.74) is -1.32. The molecule has 1 aromatic carbocycles. The molecule has 9 heteroatoms. The summed E-state index contributed by atoms with van der Waals surface area (Å²) in [7, 11) is 1.58. The highest BCUT2D eigenvalue weighted by Gasteiger charge is 2.65. The number of fused-ring (bicyclic) bond motifs is 1. The number of carbonyl (C=O) groups excluding carboxylic acids is 1. The van der Waals surface area contributed by atoms with Gasteiger partial charge in [-0.05, 0) is 37.0 Å². The van der Waals surface area contributed by atoms with Gasteiger partial charge in [0.15, 0.2) is 11.4 Å². The van der Waals surface area contributed by atoms with Gasteiger partial charge in [-0.15, -0.1) is 0 Å². The van der Waals surface area contributed by atoms with Crippen LogP contribution in [0.3, 0.4) is 0 Å². The van der Waals surface area contributed by atoms with E-state index in [-0.39, 0.29) is 28.5 Å². The fourth-order valence-corrected chi connectivity index (χ4v) is 4.49. The van der Waals surface area contributed by atoms with Crippen molar-refractivity contribution >= 4 is 17.3 Å². The zero-order valence-corrected chi connectivity index (χ0v) is 15.8. The number of carbonyl (C=O) groups is 1. The number of rotatable bonds is 5. The Labute approximate surface area is 157 Å². The fraction of sp³-hybridized carbons (Fsp3) is 0.611. The SMILES string of the molecule is COC1CC2C(CC1(C)OC(=O)c1cc([NH+]([O-])O)cc([NH+]([O-])O)c1)C2(C)C. The van der Waals surface area contributed by atoms with Gasteiger partial charge < -0.3 is 19.9 Å². The first-order valence-electron chi connectivity index (χ1n) is 8.87. The lowest BCUT2D eigenvalue weighted by Crippen LogP contribution is -3.00. The first-order valence-corrected chi connectivity index (χ1v) is 8.87. The molecular weight excluding hydrogens is 356 g/mol. The number of methoxy groups -OCH3 is 1. The lowest BCUT2D eigenvalue weighted by molar-refractivity contribution is -0.996. The first-order chi connectivity index (χ1) is 12.5. The largest absolute Gasteiger partial charge is 0.595 e. The Bertz CT molecular complexity index is 710. The van der Waals surface area contributed by atoms with Gasteiger partial charge in [-0.25, -0.2) is 15.2 Å². The fourth-order valence-electron chi connectivity index (χ4n) is 4.49. The number of benzene rings is 1. The van der Waals surface area contributed by atoms with Crippen molar-refractivity contribution in [3.63, 3.8) is 0 Å². The van der Waals surface area contributed by atoms with Crippen LogP contribution >= 0.6 is 0 Å². The molecule has 27 heavy (non-hydrogen) atoms. The van der Waals surface area contributed by atoms with E-state index in [9.17, 15) is 25.6 Å². The lowest BCUT2D eigenvalue weighted by Gasteiger charge is -2.39. The minimum Gasteiger partial charge on any atom is -0.595 e. The smallest absolute Gasteiger partial charge is 0.339 e. The normalized spacial score (nSPS) is 33.7. The summed E-state index contributed by atoms with van der Waals surface area (Å²) in [5, 5.41) is 38.3. The molecule has 0 bridgehead atoms. The Morgan fingerprint density at radius 1 is 1.11 bits per heavy atom. The van der Waals surface area contributed by atoms with E-state index < -0.39 is 22.0 Å². The summed E-state index contributed by atoms with van der Waals surface area (Å²) in [5.74, 6) is 0.215. The van der Waals surface area contributed by atoms with Gasteiger partial charge in [0.2, 0.25) is 0 Å². The van der Waals surface area contributed by atoms with E-state index in [1.807, 2.05) is 6.92 Å². The second-order valence-electron chi connectivity index (χ2n) is 8.31. The van der Waals surface area contributed by atoms with Crippen molar-refractivity contribution in [2.75, 3.05) is 7.11 Å². The Morgan fingerprint density at radius 2 is 1.67 bits per heavy atom. The van der Waals surface area contributed by atoms with Crippen LogP contribution in [0.25, 0.3) is 0 Å². The molecule has 0 amide bonds. The third-order valence-corrected chi connectivity index (χ3v) is 6.34. The highest BCUT2D eigenvalue weighted by Crippen LogP contribution is 2.67. The molecule has 1 aromatic rings. The standard InChI is InChI=1S/C18H26N2O7/c1-17(2)13-8-15(26-4)18(3,9-14(13)17)27-16(21)10-5-11(19(22)23)7-12(6-10)20(24)25/h5-7,13-15,19-20,22,24H,8-9H2,1-4H3. The molecule has 6 unspecified atom stereocenters. The van der Waals surface area contributed by atoms with Gasteiger partial charge in [0, 0.05) is 19.2 Å². The maximum absolute atomic E-state index is 12.7. The molecule has 0 aromatic heterocycles. The zero-order chi connectivity index (χ0) is 20.1. The minimum absolute atomic E-state index is 0.0967. The molecule has 2 fully saturated rings. The molecule has 2 aliphatic rings. The molecule has 6 atom stereocenters. The summed E-state index contributed by atoms with van der Waals surface area (Å²) in [6.45, 7) is 6.21. The maximum Gasteiger partial charge on any atom is 0.339 e. The number of esters is 1. The van der Waals surface area contributed by atoms with Crippen LogP contribution in [-0.4, -0.2) is 35.2 Å². The zero-order valence-electron chi connectivity index (χ0n) is 15.8. The van der Waals surface area contributed by atoms with Crippen LogP contribution < -0.4 is 10.5 Å². The number of hydrogen-bond donors (Lipinski definition) is 4. The van der Waals surface area contributed by atoms with Crippen molar-refractivity contribution in [1.82, 2.24) is 0 Å². The number of quaternary nitrogens is 2. The quantitative estimate of drug-likeness (QED) is 0.430. The molecule has 0 saturated heterocycles. The first kappa shape index (κ1) is 20.2. The van der Waals surface area contributed by atoms with Crippen molar-refractivity contribution in [1.29, 1.82) is 0 Å². The topological polar surface area (TPSA) is 131 Å². The van der Waals surface area contributed by atoms with Crippen LogP contribution in [0, 0.1) is 27.7 Å². The van der Waals surface area contributed by atoms with Crippen molar-refractivity contribution in [3.8, 4) is 0 Å². The molecule has 2 saturated carbocycles. The summed E-state index contributed by atoms with van der Waals surface area (Å²) >= 11 is 0. The molecule has 0 heterocycles. The van der Waals surface area contributed by atoms with Gasteiger partial charge in [0.05, 0.1) is 17.7 Å². The number of hydrogen-bond acceptors (Lipinski definition) is 7. The van der Waals surface area contributed by atoms with E-state index in [2.05, 4.69) is 13.8 Å². The van der Waals surface area contributed by atoms with Crippen LogP contribution in [0.4, 0.5) is 11.4 Å². The molecule has 3 rings (SSSR count). The van der Waals surface area contributed by atoms with Crippen LogP contribution in [0.5, 0.6) is 0 Å². The van der Waals surface area contributed by atoms with Gasteiger partial charge in [0.25, 0.3) is 0 Å². The molecule has 4 N–H and O–H groups in total. The molecule has 0 radical (unpaired) electrons. The summed E-state index contributed by atoms with van der Waals surface area (Å²) in [4.78, 5) is 12.7. The number of nitrogens with one attached hydrogen (secondary N) is 2. The predicted octanol–water partition coefficient (Wildman–Crippen LogP) is 0.490. The van der Waals surface area contributed by atoms with Crippen LogP contribution in [0.15, 0.2) is 18.2 Å². The Kier molecular flexibility index (Phi) is 5.06. The molecule has 150 valence electrons. The van der Waals surface area contributed by atoms with Crippen molar-refractivity contribution in [3.05, 3.63) is 34.2 Å². The second kappa shape index (κ2) is 6.78. The van der Waals surface area contributed by atoms with Crippen LogP contribution in [-0.2, 0) is 9.47 Å². The summed E-state index contributed by atoms with van der Waals surface area (Å²) in [6, 6.07) is 3.28. The van der Waals surface area contributed by atoms with Crippen LogP contribution in [0.2, 0.25) is 0 Å². The highest BCUT2D eigenvalue weighted by molar-refractivity contribution is 5.91. The number of ether oxygens (including phenoxy) is 2. The average Bonchev–Trinajstić information content (AvgIpc) is 3.11. The monoisotopic (exact) mass is 382 g/mol. The predicted molar refractivity (Wildman–Crippen MR) is 92.6 cm³/mol. The van der Waals surface area contributed by atoms with Crippen LogP contribution in [0.1, 0.15) is 44.0 Å². The van der Waals surface area contributed by atoms with Gasteiger partial charge in [-0.3, -0.25) is 0 Å². The lowest BCUT2D eigenvalue weighted by atomic mass is 9.83. The van der Waals surface area contributed by atoms with Gasteiger partial charge in [0.1, 0.15) is 5.60 Å². The van der Waals surface area contributed by atoms with E-state index >= 15 is 0 Å². The molecule has 2 aliphatic carbocycles. The van der Waals surface area contributed by atoms with Crippen molar-refractivity contribution < 1.29 is 35.1 Å². The Balaban J connectivity index is 1.86. The van der Waals surface area contributed by atoms with Gasteiger partial charge >= 0.3 is 5.97 Å². The molecule has 0 aliphatic heterocycles. The van der Waals surface area contributed by atoms with E-state index in [1.165, 1.54) is 0 Å². The van der Waals surface area contributed by atoms with E-state index in [0.717, 1.165) is 24.6 Å². The Hall–Kier alpha value is -1.59. The summed E-state index contributed by atoms with van der Waals surface area (Å²) in [6.07, 6.45) is 1.17. The van der Waals surface area contributed by atoms with Gasteiger partial charge in [-0.2, -0.15) is 10.5 Å². The van der Waals surface area contributed by atoms with Crippen molar-refractivity contribution in [2.24, 2.45) is 17.3 Å². The summed E-state index contributed by atoms with van der Waals surface area (Å²) < 4.78 is 11.4. The third-order valence-electron chi connectivity index (χ3n) is 6.34. The van der Waals surface area contributed by atoms with E-state index in [0.29, 0.717) is 18.3 Å². The second-order valence-corrected chi connectivity index (χ2v) is 8.31. The molecular formula is C18H26N2O7. The Morgan fingerprint density at radius 3 is 2.15 bits per heavy atom.